The number of aryl methyl sites for hydroxylation is 1. The quantitative estimate of drug-likeness (QED) is 0.266. The predicted octanol–water partition coefficient (Wildman–Crippen LogP) is 7.05. The lowest BCUT2D eigenvalue weighted by Crippen LogP contribution is -2.32. The first kappa shape index (κ1) is 23.4. The second-order valence-electron chi connectivity index (χ2n) is 6.92. The Morgan fingerprint density at radius 1 is 0.781 bits per heavy atom. The molecule has 3 aromatic rings. The highest BCUT2D eigenvalue weighted by atomic mass is 19.3. The lowest BCUT2D eigenvalue weighted by molar-refractivity contribution is -0.196. The third-order valence-corrected chi connectivity index (χ3v) is 4.47. The maximum atomic E-state index is 14.5. The average Bonchev–Trinajstić information content (AvgIpc) is 2.74. The summed E-state index contributed by atoms with van der Waals surface area (Å²) in [5.41, 5.74) is 1.33. The second kappa shape index (κ2) is 9.50. The third-order valence-electron chi connectivity index (χ3n) is 4.47. The summed E-state index contributed by atoms with van der Waals surface area (Å²) in [6.45, 7) is 0.404. The van der Waals surface area contributed by atoms with E-state index in [0.29, 0.717) is 5.56 Å². The van der Waals surface area contributed by atoms with Gasteiger partial charge in [0.15, 0.2) is 35.6 Å². The molecular weight excluding hydrogens is 441 g/mol. The predicted molar refractivity (Wildman–Crippen MR) is 103 cm³/mol. The Kier molecular flexibility index (Phi) is 6.96. The van der Waals surface area contributed by atoms with Gasteiger partial charge in [0.2, 0.25) is 5.82 Å². The van der Waals surface area contributed by atoms with Gasteiger partial charge in [0.1, 0.15) is 5.75 Å². The molecule has 0 atom stereocenters. The summed E-state index contributed by atoms with van der Waals surface area (Å²) in [5, 5.41) is 0. The zero-order chi connectivity index (χ0) is 23.5. The molecule has 0 saturated carbocycles. The van der Waals surface area contributed by atoms with Crippen LogP contribution in [0, 0.1) is 29.1 Å². The largest absolute Gasteiger partial charge is 0.480 e. The number of hydrogen-bond acceptors (Lipinski definition) is 2. The molecule has 0 aliphatic heterocycles. The molecule has 0 fully saturated rings. The van der Waals surface area contributed by atoms with E-state index < -0.39 is 53.3 Å². The summed E-state index contributed by atoms with van der Waals surface area (Å²) in [7, 11) is 0. The van der Waals surface area contributed by atoms with E-state index in [1.807, 2.05) is 6.92 Å². The molecule has 9 heteroatoms. The first-order valence-electron chi connectivity index (χ1n) is 9.52. The Morgan fingerprint density at radius 2 is 1.41 bits per heavy atom. The van der Waals surface area contributed by atoms with Crippen molar-refractivity contribution in [1.82, 2.24) is 0 Å². The molecule has 0 aromatic heterocycles. The normalized spacial score (nSPS) is 11.5. The first-order chi connectivity index (χ1) is 15.1. The van der Waals surface area contributed by atoms with Gasteiger partial charge in [-0.25, -0.2) is 17.6 Å². The molecule has 0 heterocycles. The molecule has 2 nitrogen and oxygen atoms in total. The fourth-order valence-corrected chi connectivity index (χ4v) is 2.96. The van der Waals surface area contributed by atoms with Gasteiger partial charge in [-0.2, -0.15) is 13.2 Å². The molecule has 0 amide bonds. The minimum absolute atomic E-state index is 0.0850. The van der Waals surface area contributed by atoms with Crippen molar-refractivity contribution in [2.45, 2.75) is 25.9 Å². The van der Waals surface area contributed by atoms with Crippen LogP contribution in [0.25, 0.3) is 11.1 Å². The molecule has 32 heavy (non-hydrogen) atoms. The molecule has 0 radical (unpaired) electrons. The average molecular weight is 458 g/mol. The van der Waals surface area contributed by atoms with Crippen molar-refractivity contribution in [3.63, 3.8) is 0 Å². The van der Waals surface area contributed by atoms with Crippen molar-refractivity contribution in [3.8, 4) is 22.6 Å². The maximum absolute atomic E-state index is 14.5. The summed E-state index contributed by atoms with van der Waals surface area (Å²) in [6, 6.07) is 9.37. The van der Waals surface area contributed by atoms with Gasteiger partial charge in [0.25, 0.3) is 0 Å². The summed E-state index contributed by atoms with van der Waals surface area (Å²) < 4.78 is 105. The Hall–Kier alpha value is -3.23. The highest BCUT2D eigenvalue weighted by Crippen LogP contribution is 2.32. The number of rotatable bonds is 8. The van der Waals surface area contributed by atoms with Crippen molar-refractivity contribution < 1.29 is 40.2 Å². The highest BCUT2D eigenvalue weighted by Gasteiger charge is 2.34. The van der Waals surface area contributed by atoms with Crippen LogP contribution in [0.2, 0.25) is 0 Å². The van der Waals surface area contributed by atoms with Crippen LogP contribution in [-0.4, -0.2) is 12.7 Å². The fraction of sp³-hybridized carbons (Fsp3) is 0.217. The van der Waals surface area contributed by atoms with E-state index >= 15 is 0 Å². The maximum Gasteiger partial charge on any atom is 0.433 e. The van der Waals surface area contributed by atoms with Gasteiger partial charge in [-0.15, -0.1) is 0 Å². The zero-order valence-electron chi connectivity index (χ0n) is 16.7. The number of ether oxygens (including phenoxy) is 2. The Labute approximate surface area is 179 Å². The molecule has 170 valence electrons. The molecule has 3 rings (SSSR count). The number of benzene rings is 3. The molecule has 0 unspecified atom stereocenters. The molecule has 3 aromatic carbocycles. The number of halogens is 7. The molecule has 0 saturated heterocycles. The van der Waals surface area contributed by atoms with Gasteiger partial charge >= 0.3 is 6.11 Å². The van der Waals surface area contributed by atoms with E-state index in [9.17, 15) is 30.7 Å². The van der Waals surface area contributed by atoms with E-state index in [1.54, 1.807) is 24.3 Å². The van der Waals surface area contributed by atoms with Crippen LogP contribution in [-0.2, 0) is 6.42 Å². The van der Waals surface area contributed by atoms with Crippen LogP contribution >= 0.6 is 0 Å². The van der Waals surface area contributed by atoms with Crippen LogP contribution < -0.4 is 9.47 Å². The van der Waals surface area contributed by atoms with Gasteiger partial charge in [0, 0.05) is 17.7 Å². The number of hydrogen-bond donors (Lipinski definition) is 0. The van der Waals surface area contributed by atoms with E-state index in [0.717, 1.165) is 24.5 Å². The third kappa shape index (κ3) is 5.33. The van der Waals surface area contributed by atoms with Crippen LogP contribution in [0.15, 0.2) is 48.5 Å². The molecule has 0 spiro atoms. The van der Waals surface area contributed by atoms with Crippen molar-refractivity contribution in [2.75, 3.05) is 6.61 Å². The minimum atomic E-state index is -4.19. The van der Waals surface area contributed by atoms with Gasteiger partial charge in [-0.1, -0.05) is 37.6 Å². The van der Waals surface area contributed by atoms with Crippen molar-refractivity contribution in [1.29, 1.82) is 0 Å². The lowest BCUT2D eigenvalue weighted by Gasteiger charge is -2.19. The van der Waals surface area contributed by atoms with Crippen molar-refractivity contribution in [3.05, 3.63) is 83.2 Å². The molecular formula is C23H17F7O2. The Bertz CT molecular complexity index is 1080. The summed E-state index contributed by atoms with van der Waals surface area (Å²) >= 11 is 0. The van der Waals surface area contributed by atoms with Crippen molar-refractivity contribution in [2.24, 2.45) is 0 Å². The van der Waals surface area contributed by atoms with Crippen LogP contribution in [0.3, 0.4) is 0 Å². The smallest absolute Gasteiger partial charge is 0.433 e. The molecule has 0 aliphatic carbocycles. The van der Waals surface area contributed by atoms with Gasteiger partial charge in [-0.3, -0.25) is 0 Å². The lowest BCUT2D eigenvalue weighted by atomic mass is 10.0. The van der Waals surface area contributed by atoms with Gasteiger partial charge in [-0.05, 0) is 29.7 Å². The Balaban J connectivity index is 1.73. The zero-order valence-corrected chi connectivity index (χ0v) is 16.7. The highest BCUT2D eigenvalue weighted by molar-refractivity contribution is 5.65. The van der Waals surface area contributed by atoms with Gasteiger partial charge in [0.05, 0.1) is 0 Å². The molecule has 0 bridgehead atoms. The van der Waals surface area contributed by atoms with Gasteiger partial charge < -0.3 is 9.47 Å². The van der Waals surface area contributed by atoms with Crippen LogP contribution in [0.5, 0.6) is 11.5 Å². The molecule has 0 N–H and O–H groups in total. The van der Waals surface area contributed by atoms with Crippen LogP contribution in [0.4, 0.5) is 30.7 Å². The fourth-order valence-electron chi connectivity index (χ4n) is 2.96. The van der Waals surface area contributed by atoms with E-state index in [1.165, 1.54) is 6.07 Å². The second-order valence-corrected chi connectivity index (χ2v) is 6.92. The topological polar surface area (TPSA) is 18.5 Å². The molecule has 0 aliphatic rings. The minimum Gasteiger partial charge on any atom is -0.480 e. The summed E-state index contributed by atoms with van der Waals surface area (Å²) in [6.07, 6.45) is -2.43. The van der Waals surface area contributed by atoms with E-state index in [2.05, 4.69) is 9.47 Å². The monoisotopic (exact) mass is 458 g/mol. The van der Waals surface area contributed by atoms with E-state index in [4.69, 9.17) is 0 Å². The van der Waals surface area contributed by atoms with E-state index in [-0.39, 0.29) is 17.7 Å². The summed E-state index contributed by atoms with van der Waals surface area (Å²) in [5.74, 6) is -9.93. The first-order valence-corrected chi connectivity index (χ1v) is 9.52. The summed E-state index contributed by atoms with van der Waals surface area (Å²) in [4.78, 5) is 0. The van der Waals surface area contributed by atoms with Crippen molar-refractivity contribution >= 4 is 0 Å². The number of alkyl halides is 2. The Morgan fingerprint density at radius 3 is 2.00 bits per heavy atom. The van der Waals surface area contributed by atoms with Crippen LogP contribution in [0.1, 0.15) is 18.9 Å². The SMILES string of the molecule is CCCc1ccc(-c2ccc(OCC(F)(F)Oc3cc(F)c(F)c(F)c3)c(F)c2F)cc1. The standard InChI is InChI=1S/C23H17F7O2/c1-2-3-13-4-6-14(7-5-13)16-8-9-19(22(28)20(16)26)31-12-23(29,30)32-15-10-17(24)21(27)18(25)11-15/h4-11H,2-3,12H2,1H3.